The van der Waals surface area contributed by atoms with Crippen LogP contribution in [0.2, 0.25) is 0 Å². The zero-order chi connectivity index (χ0) is 13.9. The van der Waals surface area contributed by atoms with E-state index in [1.165, 1.54) is 12.8 Å². The van der Waals surface area contributed by atoms with Gasteiger partial charge in [-0.3, -0.25) is 4.79 Å². The summed E-state index contributed by atoms with van der Waals surface area (Å²) in [6.45, 7) is 2.84. The molecule has 0 aliphatic carbocycles. The van der Waals surface area contributed by atoms with Crippen molar-refractivity contribution in [2.24, 2.45) is 0 Å². The first-order valence-corrected chi connectivity index (χ1v) is 7.24. The zero-order valence-electron chi connectivity index (χ0n) is 11.5. The first-order chi connectivity index (χ1) is 9.72. The van der Waals surface area contributed by atoms with Crippen LogP contribution in [0.1, 0.15) is 18.5 Å². The van der Waals surface area contributed by atoms with Crippen molar-refractivity contribution >= 4 is 10.8 Å². The van der Waals surface area contributed by atoms with E-state index < -0.39 is 6.10 Å². The Morgan fingerprint density at radius 2 is 2.00 bits per heavy atom. The molecule has 1 aromatic heterocycles. The Balaban J connectivity index is 1.75. The van der Waals surface area contributed by atoms with Crippen molar-refractivity contribution in [1.29, 1.82) is 0 Å². The maximum atomic E-state index is 12.0. The van der Waals surface area contributed by atoms with Crippen LogP contribution in [0, 0.1) is 0 Å². The van der Waals surface area contributed by atoms with Gasteiger partial charge in [0.05, 0.1) is 6.10 Å². The third kappa shape index (κ3) is 2.92. The van der Waals surface area contributed by atoms with Gasteiger partial charge in [-0.25, -0.2) is 0 Å². The van der Waals surface area contributed by atoms with Gasteiger partial charge in [0.2, 0.25) is 0 Å². The predicted octanol–water partition coefficient (Wildman–Crippen LogP) is 1.53. The second-order valence-corrected chi connectivity index (χ2v) is 5.58. The number of nitrogens with zero attached hydrogens (tertiary/aromatic N) is 1. The fraction of sp³-hybridized carbons (Fsp3) is 0.438. The summed E-state index contributed by atoms with van der Waals surface area (Å²) in [6, 6.07) is 9.50. The molecular weight excluding hydrogens is 252 g/mol. The number of fused-ring (bicyclic) bond motifs is 1. The third-order valence-corrected chi connectivity index (χ3v) is 3.93. The molecule has 1 unspecified atom stereocenters. The standard InChI is InChI=1S/C16H20N2O2/c19-14(11-18-7-3-4-8-18)10-13-9-12-5-1-2-6-15(12)16(20)17-13/h1-2,5-6,9,14,19H,3-4,7-8,10-11H2,(H,17,20). The minimum Gasteiger partial charge on any atom is -0.391 e. The minimum atomic E-state index is -0.426. The number of pyridine rings is 1. The molecule has 1 saturated heterocycles. The Labute approximate surface area is 118 Å². The number of aromatic nitrogens is 1. The van der Waals surface area contributed by atoms with Crippen molar-refractivity contribution < 1.29 is 5.11 Å². The predicted molar refractivity (Wildman–Crippen MR) is 80.0 cm³/mol. The van der Waals surface area contributed by atoms with E-state index in [1.54, 1.807) is 0 Å². The SMILES string of the molecule is O=c1[nH]c(CC(O)CN2CCCC2)cc2ccccc12. The highest BCUT2D eigenvalue weighted by atomic mass is 16.3. The molecule has 4 heteroatoms. The maximum absolute atomic E-state index is 12.0. The number of rotatable bonds is 4. The van der Waals surface area contributed by atoms with E-state index in [0.29, 0.717) is 18.4 Å². The number of likely N-dealkylation sites (tertiary alicyclic amines) is 1. The summed E-state index contributed by atoms with van der Waals surface area (Å²) in [4.78, 5) is 17.1. The first kappa shape index (κ1) is 13.3. The van der Waals surface area contributed by atoms with Crippen molar-refractivity contribution in [1.82, 2.24) is 9.88 Å². The van der Waals surface area contributed by atoms with E-state index in [2.05, 4.69) is 9.88 Å². The summed E-state index contributed by atoms with van der Waals surface area (Å²) in [6.07, 6.45) is 2.51. The molecule has 0 saturated carbocycles. The molecule has 3 rings (SSSR count). The van der Waals surface area contributed by atoms with Crippen LogP contribution < -0.4 is 5.56 Å². The number of benzene rings is 1. The van der Waals surface area contributed by atoms with Crippen molar-refractivity contribution in [3.63, 3.8) is 0 Å². The van der Waals surface area contributed by atoms with Crippen LogP contribution in [0.3, 0.4) is 0 Å². The van der Waals surface area contributed by atoms with Crippen LogP contribution in [-0.2, 0) is 6.42 Å². The molecule has 1 atom stereocenters. The largest absolute Gasteiger partial charge is 0.391 e. The quantitative estimate of drug-likeness (QED) is 0.887. The van der Waals surface area contributed by atoms with Gasteiger partial charge >= 0.3 is 0 Å². The van der Waals surface area contributed by atoms with E-state index >= 15 is 0 Å². The number of H-pyrrole nitrogens is 1. The molecule has 2 N–H and O–H groups in total. The van der Waals surface area contributed by atoms with Gasteiger partial charge in [0, 0.05) is 24.0 Å². The molecule has 20 heavy (non-hydrogen) atoms. The number of nitrogens with one attached hydrogen (secondary N) is 1. The van der Waals surface area contributed by atoms with Gasteiger partial charge in [-0.2, -0.15) is 0 Å². The number of hydrogen-bond donors (Lipinski definition) is 2. The fourth-order valence-corrected chi connectivity index (χ4v) is 2.96. The molecule has 106 valence electrons. The van der Waals surface area contributed by atoms with E-state index in [0.717, 1.165) is 24.2 Å². The highest BCUT2D eigenvalue weighted by Crippen LogP contribution is 2.13. The van der Waals surface area contributed by atoms with Crippen LogP contribution in [0.25, 0.3) is 10.8 Å². The Bertz CT molecular complexity index is 644. The van der Waals surface area contributed by atoms with E-state index in [-0.39, 0.29) is 5.56 Å². The highest BCUT2D eigenvalue weighted by Gasteiger charge is 2.16. The van der Waals surface area contributed by atoms with Gasteiger partial charge in [-0.1, -0.05) is 18.2 Å². The molecule has 0 bridgehead atoms. The molecule has 0 amide bonds. The minimum absolute atomic E-state index is 0.0773. The molecule has 4 nitrogen and oxygen atoms in total. The molecule has 0 spiro atoms. The molecule has 1 aliphatic rings. The second-order valence-electron chi connectivity index (χ2n) is 5.58. The van der Waals surface area contributed by atoms with Crippen LogP contribution >= 0.6 is 0 Å². The van der Waals surface area contributed by atoms with Crippen LogP contribution in [0.4, 0.5) is 0 Å². The smallest absolute Gasteiger partial charge is 0.256 e. The average Bonchev–Trinajstić information content (AvgIpc) is 2.91. The van der Waals surface area contributed by atoms with E-state index in [9.17, 15) is 9.90 Å². The molecule has 1 fully saturated rings. The number of aromatic amines is 1. The second kappa shape index (κ2) is 5.77. The Morgan fingerprint density at radius 1 is 1.25 bits per heavy atom. The summed E-state index contributed by atoms with van der Waals surface area (Å²) in [5.41, 5.74) is 0.729. The van der Waals surface area contributed by atoms with E-state index in [4.69, 9.17) is 0 Å². The number of β-amino-alcohol motifs (C(OH)–C–C–N with tert-alkyl or cyclic N) is 1. The highest BCUT2D eigenvalue weighted by molar-refractivity contribution is 5.81. The van der Waals surface area contributed by atoms with Gasteiger partial charge in [0.1, 0.15) is 0 Å². The lowest BCUT2D eigenvalue weighted by Crippen LogP contribution is -2.31. The molecule has 1 aromatic carbocycles. The van der Waals surface area contributed by atoms with Gasteiger partial charge < -0.3 is 15.0 Å². The maximum Gasteiger partial charge on any atom is 0.256 e. The third-order valence-electron chi connectivity index (χ3n) is 3.93. The van der Waals surface area contributed by atoms with Crippen molar-refractivity contribution in [3.8, 4) is 0 Å². The Morgan fingerprint density at radius 3 is 2.80 bits per heavy atom. The summed E-state index contributed by atoms with van der Waals surface area (Å²) in [5.74, 6) is 0. The van der Waals surface area contributed by atoms with Crippen LogP contribution in [0.5, 0.6) is 0 Å². The molecule has 0 radical (unpaired) electrons. The topological polar surface area (TPSA) is 56.3 Å². The lowest BCUT2D eigenvalue weighted by atomic mass is 10.1. The van der Waals surface area contributed by atoms with Gasteiger partial charge in [-0.15, -0.1) is 0 Å². The molecule has 2 heterocycles. The monoisotopic (exact) mass is 272 g/mol. The number of aliphatic hydroxyl groups is 1. The van der Waals surface area contributed by atoms with Crippen LogP contribution in [0.15, 0.2) is 35.1 Å². The summed E-state index contributed by atoms with van der Waals surface area (Å²) in [5, 5.41) is 11.8. The van der Waals surface area contributed by atoms with E-state index in [1.807, 2.05) is 30.3 Å². The van der Waals surface area contributed by atoms with Crippen molar-refractivity contribution in [3.05, 3.63) is 46.4 Å². The zero-order valence-corrected chi connectivity index (χ0v) is 11.5. The molecule has 2 aromatic rings. The Hall–Kier alpha value is -1.65. The lowest BCUT2D eigenvalue weighted by Gasteiger charge is -2.19. The van der Waals surface area contributed by atoms with Crippen molar-refractivity contribution in [2.75, 3.05) is 19.6 Å². The number of aliphatic hydroxyl groups excluding tert-OH is 1. The van der Waals surface area contributed by atoms with Crippen molar-refractivity contribution in [2.45, 2.75) is 25.4 Å². The average molecular weight is 272 g/mol. The molecular formula is C16H20N2O2. The normalized spacial score (nSPS) is 17.6. The summed E-state index contributed by atoms with van der Waals surface area (Å²) in [7, 11) is 0. The lowest BCUT2D eigenvalue weighted by molar-refractivity contribution is 0.124. The number of hydrogen-bond acceptors (Lipinski definition) is 3. The van der Waals surface area contributed by atoms with Crippen LogP contribution in [-0.4, -0.2) is 40.7 Å². The summed E-state index contributed by atoms with van der Waals surface area (Å²) < 4.78 is 0. The first-order valence-electron chi connectivity index (χ1n) is 7.24. The van der Waals surface area contributed by atoms with Gasteiger partial charge in [-0.05, 0) is 43.5 Å². The summed E-state index contributed by atoms with van der Waals surface area (Å²) >= 11 is 0. The van der Waals surface area contributed by atoms with Gasteiger partial charge in [0.15, 0.2) is 0 Å². The fourth-order valence-electron chi connectivity index (χ4n) is 2.96. The molecule has 1 aliphatic heterocycles. The Kier molecular flexibility index (Phi) is 3.85. The van der Waals surface area contributed by atoms with Gasteiger partial charge in [0.25, 0.3) is 5.56 Å².